The van der Waals surface area contributed by atoms with Crippen molar-refractivity contribution in [3.8, 4) is 0 Å². The van der Waals surface area contributed by atoms with Crippen LogP contribution in [0.2, 0.25) is 0 Å². The Morgan fingerprint density at radius 3 is 2.50 bits per heavy atom. The van der Waals surface area contributed by atoms with E-state index in [2.05, 4.69) is 15.1 Å². The number of amides is 1. The highest BCUT2D eigenvalue weighted by molar-refractivity contribution is 5.77. The summed E-state index contributed by atoms with van der Waals surface area (Å²) in [6, 6.07) is 0. The summed E-state index contributed by atoms with van der Waals surface area (Å²) < 4.78 is 4.91. The molecule has 0 unspecified atom stereocenters. The second-order valence-corrected chi connectivity index (χ2v) is 5.31. The molecule has 118 valence electrons. The van der Waals surface area contributed by atoms with Crippen LogP contribution in [0.4, 0.5) is 0 Å². The number of ether oxygens (including phenoxy) is 1. The van der Waals surface area contributed by atoms with Crippen LogP contribution in [0.25, 0.3) is 0 Å². The fourth-order valence-electron chi connectivity index (χ4n) is 2.38. The summed E-state index contributed by atoms with van der Waals surface area (Å²) >= 11 is 0. The average molecular weight is 286 g/mol. The van der Waals surface area contributed by atoms with Gasteiger partial charge in [-0.15, -0.1) is 0 Å². The summed E-state index contributed by atoms with van der Waals surface area (Å²) in [5.74, 6) is 0.0958. The van der Waals surface area contributed by atoms with E-state index in [-0.39, 0.29) is 5.91 Å². The van der Waals surface area contributed by atoms with E-state index in [0.717, 1.165) is 45.7 Å². The zero-order valence-electron chi connectivity index (χ0n) is 12.8. The normalized spacial score (nSPS) is 17.3. The molecule has 1 fully saturated rings. The van der Waals surface area contributed by atoms with Crippen LogP contribution in [0.1, 0.15) is 19.3 Å². The molecule has 6 nitrogen and oxygen atoms in total. The lowest BCUT2D eigenvalue weighted by atomic mass is 10.2. The van der Waals surface area contributed by atoms with Crippen LogP contribution in [0.15, 0.2) is 0 Å². The largest absolute Gasteiger partial charge is 0.383 e. The third kappa shape index (κ3) is 7.79. The van der Waals surface area contributed by atoms with Crippen LogP contribution in [-0.4, -0.2) is 81.8 Å². The van der Waals surface area contributed by atoms with Crippen molar-refractivity contribution in [2.24, 2.45) is 5.73 Å². The zero-order valence-corrected chi connectivity index (χ0v) is 12.8. The molecule has 0 aromatic heterocycles. The highest BCUT2D eigenvalue weighted by atomic mass is 16.5. The van der Waals surface area contributed by atoms with Crippen molar-refractivity contribution in [3.63, 3.8) is 0 Å². The number of nitrogens with zero attached hydrogens (tertiary/aromatic N) is 2. The van der Waals surface area contributed by atoms with Gasteiger partial charge in [0, 0.05) is 39.8 Å². The minimum atomic E-state index is 0.0958. The molecule has 0 aliphatic carbocycles. The molecule has 3 N–H and O–H groups in total. The van der Waals surface area contributed by atoms with Crippen LogP contribution in [-0.2, 0) is 9.53 Å². The van der Waals surface area contributed by atoms with E-state index < -0.39 is 0 Å². The molecule has 0 saturated carbocycles. The maximum absolute atomic E-state index is 11.7. The van der Waals surface area contributed by atoms with Gasteiger partial charge in [-0.05, 0) is 25.9 Å². The van der Waals surface area contributed by atoms with Gasteiger partial charge in [0.15, 0.2) is 0 Å². The molecule has 6 heteroatoms. The predicted octanol–water partition coefficient (Wildman–Crippen LogP) is -0.504. The first-order chi connectivity index (χ1) is 9.76. The van der Waals surface area contributed by atoms with Gasteiger partial charge in [0.2, 0.25) is 5.91 Å². The zero-order chi connectivity index (χ0) is 14.6. The molecule has 0 aromatic carbocycles. The van der Waals surface area contributed by atoms with Crippen LogP contribution < -0.4 is 11.1 Å². The van der Waals surface area contributed by atoms with Crippen LogP contribution in [0.3, 0.4) is 0 Å². The third-order valence-electron chi connectivity index (χ3n) is 3.64. The van der Waals surface area contributed by atoms with Crippen molar-refractivity contribution < 1.29 is 9.53 Å². The van der Waals surface area contributed by atoms with Gasteiger partial charge in [-0.2, -0.15) is 0 Å². The first-order valence-electron chi connectivity index (χ1n) is 7.66. The topological polar surface area (TPSA) is 70.8 Å². The average Bonchev–Trinajstić information content (AvgIpc) is 2.46. The van der Waals surface area contributed by atoms with Crippen LogP contribution in [0.5, 0.6) is 0 Å². The molecule has 1 aliphatic rings. The second-order valence-electron chi connectivity index (χ2n) is 5.31. The Bertz CT molecular complexity index is 256. The third-order valence-corrected chi connectivity index (χ3v) is 3.64. The van der Waals surface area contributed by atoms with E-state index in [1.54, 1.807) is 7.11 Å². The van der Waals surface area contributed by atoms with Gasteiger partial charge in [0.25, 0.3) is 0 Å². The summed E-state index contributed by atoms with van der Waals surface area (Å²) in [4.78, 5) is 16.4. The first kappa shape index (κ1) is 17.4. The lowest BCUT2D eigenvalue weighted by molar-refractivity contribution is -0.122. The van der Waals surface area contributed by atoms with Crippen molar-refractivity contribution in [2.45, 2.75) is 19.3 Å². The van der Waals surface area contributed by atoms with E-state index in [0.29, 0.717) is 19.7 Å². The van der Waals surface area contributed by atoms with E-state index in [1.807, 2.05) is 0 Å². The van der Waals surface area contributed by atoms with Crippen molar-refractivity contribution >= 4 is 5.91 Å². The van der Waals surface area contributed by atoms with Crippen LogP contribution >= 0.6 is 0 Å². The van der Waals surface area contributed by atoms with E-state index in [1.165, 1.54) is 12.8 Å². The molecule has 0 aromatic rings. The maximum atomic E-state index is 11.7. The van der Waals surface area contributed by atoms with Crippen molar-refractivity contribution in [2.75, 3.05) is 66.1 Å². The van der Waals surface area contributed by atoms with Crippen molar-refractivity contribution in [3.05, 3.63) is 0 Å². The highest BCUT2D eigenvalue weighted by Gasteiger charge is 2.18. The van der Waals surface area contributed by atoms with E-state index in [4.69, 9.17) is 10.5 Å². The SMILES string of the molecule is COCCNC(=O)CN1CCN(CCCCCN)CC1. The van der Waals surface area contributed by atoms with Crippen molar-refractivity contribution in [1.29, 1.82) is 0 Å². The number of nitrogens with two attached hydrogens (primary N) is 1. The predicted molar refractivity (Wildman–Crippen MR) is 80.7 cm³/mol. The van der Waals surface area contributed by atoms with Gasteiger partial charge in [0.05, 0.1) is 13.2 Å². The molecule has 1 aliphatic heterocycles. The van der Waals surface area contributed by atoms with E-state index >= 15 is 0 Å². The Kier molecular flexibility index (Phi) is 9.57. The lowest BCUT2D eigenvalue weighted by Crippen LogP contribution is -2.49. The maximum Gasteiger partial charge on any atom is 0.234 e. The molecule has 0 atom stereocenters. The molecule has 20 heavy (non-hydrogen) atoms. The molecule has 0 bridgehead atoms. The molecule has 1 amide bonds. The van der Waals surface area contributed by atoms with Crippen LogP contribution in [0, 0.1) is 0 Å². The molecule has 1 rings (SSSR count). The van der Waals surface area contributed by atoms with Crippen molar-refractivity contribution in [1.82, 2.24) is 15.1 Å². The summed E-state index contributed by atoms with van der Waals surface area (Å²) in [6.45, 7) is 7.72. The number of rotatable bonds is 10. The number of piperazine rings is 1. The Balaban J connectivity index is 2.05. The second kappa shape index (κ2) is 11.0. The number of carbonyl (C=O) groups is 1. The molecule has 1 heterocycles. The molecular formula is C14H30N4O2. The molecule has 1 saturated heterocycles. The smallest absolute Gasteiger partial charge is 0.234 e. The number of methoxy groups -OCH3 is 1. The molecular weight excluding hydrogens is 256 g/mol. The first-order valence-corrected chi connectivity index (χ1v) is 7.66. The van der Waals surface area contributed by atoms with Gasteiger partial charge in [-0.25, -0.2) is 0 Å². The molecule has 0 spiro atoms. The van der Waals surface area contributed by atoms with Gasteiger partial charge >= 0.3 is 0 Å². The summed E-state index contributed by atoms with van der Waals surface area (Å²) in [6.07, 6.45) is 3.58. The highest BCUT2D eigenvalue weighted by Crippen LogP contribution is 2.04. The number of unbranched alkanes of at least 4 members (excludes halogenated alkanes) is 2. The minimum absolute atomic E-state index is 0.0958. The fourth-order valence-corrected chi connectivity index (χ4v) is 2.38. The van der Waals surface area contributed by atoms with Gasteiger partial charge in [0.1, 0.15) is 0 Å². The van der Waals surface area contributed by atoms with Gasteiger partial charge in [-0.3, -0.25) is 9.69 Å². The Labute approximate surface area is 122 Å². The minimum Gasteiger partial charge on any atom is -0.383 e. The number of hydrogen-bond donors (Lipinski definition) is 2. The Hall–Kier alpha value is -0.690. The van der Waals surface area contributed by atoms with E-state index in [9.17, 15) is 4.79 Å². The lowest BCUT2D eigenvalue weighted by Gasteiger charge is -2.34. The fraction of sp³-hybridized carbons (Fsp3) is 0.929. The number of carbonyl (C=O) groups excluding carboxylic acids is 1. The molecule has 0 radical (unpaired) electrons. The monoisotopic (exact) mass is 286 g/mol. The number of hydrogen-bond acceptors (Lipinski definition) is 5. The van der Waals surface area contributed by atoms with Gasteiger partial charge in [-0.1, -0.05) is 6.42 Å². The Morgan fingerprint density at radius 1 is 1.15 bits per heavy atom. The Morgan fingerprint density at radius 2 is 1.85 bits per heavy atom. The quantitative estimate of drug-likeness (QED) is 0.530. The summed E-state index contributed by atoms with van der Waals surface area (Å²) in [7, 11) is 1.64. The number of nitrogens with one attached hydrogen (secondary N) is 1. The summed E-state index contributed by atoms with van der Waals surface area (Å²) in [5.41, 5.74) is 5.49. The van der Waals surface area contributed by atoms with Gasteiger partial charge < -0.3 is 20.7 Å². The standard InChI is InChI=1S/C14H30N4O2/c1-20-12-6-16-14(19)13-18-10-8-17(9-11-18)7-4-2-3-5-15/h2-13,15H2,1H3,(H,16,19). The summed E-state index contributed by atoms with van der Waals surface area (Å²) in [5, 5.41) is 2.86.